The van der Waals surface area contributed by atoms with Crippen LogP contribution in [0.2, 0.25) is 0 Å². The van der Waals surface area contributed by atoms with Crippen LogP contribution in [0.4, 0.5) is 0 Å². The molecule has 0 aromatic heterocycles. The van der Waals surface area contributed by atoms with Gasteiger partial charge in [-0.05, 0) is 37.8 Å². The molecule has 2 amide bonds. The van der Waals surface area contributed by atoms with E-state index in [0.717, 1.165) is 25.7 Å². The van der Waals surface area contributed by atoms with Gasteiger partial charge in [0.2, 0.25) is 0 Å². The molecule has 2 fully saturated rings. The van der Waals surface area contributed by atoms with E-state index < -0.39 is 0 Å². The maximum atomic E-state index is 13.8. The molecule has 2 saturated heterocycles. The van der Waals surface area contributed by atoms with Crippen LogP contribution in [0.25, 0.3) is 0 Å². The summed E-state index contributed by atoms with van der Waals surface area (Å²) in [5.41, 5.74) is 0.835. The first-order chi connectivity index (χ1) is 15.6. The van der Waals surface area contributed by atoms with Crippen molar-refractivity contribution in [1.82, 2.24) is 9.80 Å². The van der Waals surface area contributed by atoms with E-state index in [-0.39, 0.29) is 36.0 Å². The van der Waals surface area contributed by atoms with Crippen molar-refractivity contribution in [1.29, 1.82) is 0 Å². The maximum absolute atomic E-state index is 13.8. The molecule has 32 heavy (non-hydrogen) atoms. The molecule has 8 heteroatoms. The third kappa shape index (κ3) is 5.14. The van der Waals surface area contributed by atoms with E-state index in [4.69, 9.17) is 18.9 Å². The minimum atomic E-state index is -0.152. The molecular weight excluding hydrogens is 412 g/mol. The Balaban J connectivity index is 1.93. The number of carbonyl (C=O) groups is 2. The Kier molecular flexibility index (Phi) is 9.04. The molecule has 3 rings (SSSR count). The topological polar surface area (TPSA) is 77.5 Å². The van der Waals surface area contributed by atoms with Crippen molar-refractivity contribution in [3.63, 3.8) is 0 Å². The minimum absolute atomic E-state index is 0.0370. The average Bonchev–Trinajstić information content (AvgIpc) is 3.38. The van der Waals surface area contributed by atoms with E-state index in [0.29, 0.717) is 37.6 Å². The van der Waals surface area contributed by atoms with Gasteiger partial charge >= 0.3 is 0 Å². The molecule has 0 spiro atoms. The summed E-state index contributed by atoms with van der Waals surface area (Å²) in [6.45, 7) is 1.83. The second-order valence-electron chi connectivity index (χ2n) is 8.56. The largest absolute Gasteiger partial charge is 0.383 e. The molecule has 4 atom stereocenters. The van der Waals surface area contributed by atoms with Gasteiger partial charge < -0.3 is 28.7 Å². The highest BCUT2D eigenvalue weighted by molar-refractivity contribution is 6.07. The Morgan fingerprint density at radius 1 is 0.656 bits per heavy atom. The molecule has 1 aromatic rings. The lowest BCUT2D eigenvalue weighted by atomic mass is 10.0. The third-order valence-corrected chi connectivity index (χ3v) is 6.53. The Hall–Kier alpha value is -2.00. The van der Waals surface area contributed by atoms with Crippen LogP contribution in [0.1, 0.15) is 46.4 Å². The van der Waals surface area contributed by atoms with Crippen molar-refractivity contribution in [3.8, 4) is 0 Å². The summed E-state index contributed by atoms with van der Waals surface area (Å²) in [4.78, 5) is 31.2. The zero-order chi connectivity index (χ0) is 23.1. The van der Waals surface area contributed by atoms with Crippen LogP contribution in [-0.2, 0) is 18.9 Å². The van der Waals surface area contributed by atoms with Crippen molar-refractivity contribution >= 4 is 11.8 Å². The first kappa shape index (κ1) is 24.6. The molecule has 178 valence electrons. The lowest BCUT2D eigenvalue weighted by Gasteiger charge is -2.32. The van der Waals surface area contributed by atoms with E-state index in [9.17, 15) is 9.59 Å². The van der Waals surface area contributed by atoms with E-state index in [1.165, 1.54) is 0 Å². The summed E-state index contributed by atoms with van der Waals surface area (Å²) in [6.07, 6.45) is 3.40. The first-order valence-corrected chi connectivity index (χ1v) is 11.3. The number of amides is 2. The number of ether oxygens (including phenoxy) is 4. The number of likely N-dealkylation sites (tertiary alicyclic amines) is 2. The van der Waals surface area contributed by atoms with Gasteiger partial charge in [-0.1, -0.05) is 12.1 Å². The van der Waals surface area contributed by atoms with Gasteiger partial charge in [-0.15, -0.1) is 0 Å². The Morgan fingerprint density at radius 2 is 0.938 bits per heavy atom. The average molecular weight is 449 g/mol. The summed E-state index contributed by atoms with van der Waals surface area (Å²) in [7, 11) is 6.57. The van der Waals surface area contributed by atoms with E-state index >= 15 is 0 Å². The molecule has 0 saturated carbocycles. The highest BCUT2D eigenvalue weighted by Gasteiger charge is 2.41. The van der Waals surface area contributed by atoms with Gasteiger partial charge in [0.05, 0.1) is 61.7 Å². The molecule has 8 nitrogen and oxygen atoms in total. The van der Waals surface area contributed by atoms with E-state index in [1.54, 1.807) is 52.7 Å². The van der Waals surface area contributed by atoms with Crippen molar-refractivity contribution in [2.24, 2.45) is 0 Å². The van der Waals surface area contributed by atoms with Crippen LogP contribution < -0.4 is 0 Å². The van der Waals surface area contributed by atoms with Gasteiger partial charge in [0, 0.05) is 28.4 Å². The van der Waals surface area contributed by atoms with Gasteiger partial charge in [-0.25, -0.2) is 0 Å². The van der Waals surface area contributed by atoms with Crippen molar-refractivity contribution in [3.05, 3.63) is 35.4 Å². The second-order valence-corrected chi connectivity index (χ2v) is 8.56. The van der Waals surface area contributed by atoms with Crippen LogP contribution in [0, 0.1) is 0 Å². The van der Waals surface area contributed by atoms with E-state index in [2.05, 4.69) is 0 Å². The molecule has 2 heterocycles. The lowest BCUT2D eigenvalue weighted by Crippen LogP contribution is -2.47. The summed E-state index contributed by atoms with van der Waals surface area (Å²) < 4.78 is 21.5. The minimum Gasteiger partial charge on any atom is -0.383 e. The highest BCUT2D eigenvalue weighted by atomic mass is 16.5. The number of hydrogen-bond acceptors (Lipinski definition) is 6. The maximum Gasteiger partial charge on any atom is 0.255 e. The molecule has 0 unspecified atom stereocenters. The van der Waals surface area contributed by atoms with Crippen molar-refractivity contribution in [2.45, 2.75) is 49.9 Å². The number of methoxy groups -OCH3 is 4. The zero-order valence-corrected chi connectivity index (χ0v) is 19.6. The standard InChI is InChI=1S/C24H36N2O6/c1-29-13-17-9-10-18(14-30-2)25(17)23(27)21-7-5-6-8-22(21)24(28)26-19(15-31-3)11-12-20(26)16-32-4/h5-8,17-20H,9-16H2,1-4H3/t17-,18-,19-,20-/m1/s1. The van der Waals surface area contributed by atoms with Crippen LogP contribution in [-0.4, -0.2) is 101 Å². The van der Waals surface area contributed by atoms with Gasteiger partial charge in [-0.3, -0.25) is 9.59 Å². The summed E-state index contributed by atoms with van der Waals surface area (Å²) >= 11 is 0. The molecule has 2 aliphatic rings. The number of benzene rings is 1. The molecule has 0 radical (unpaired) electrons. The number of carbonyl (C=O) groups excluding carboxylic acids is 2. The van der Waals surface area contributed by atoms with Gasteiger partial charge in [-0.2, -0.15) is 0 Å². The number of rotatable bonds is 10. The Bertz CT molecular complexity index is 682. The summed E-state index contributed by atoms with van der Waals surface area (Å²) in [6, 6.07) is 6.95. The molecular formula is C24H36N2O6. The van der Waals surface area contributed by atoms with Crippen LogP contribution >= 0.6 is 0 Å². The van der Waals surface area contributed by atoms with Gasteiger partial charge in [0.15, 0.2) is 0 Å². The predicted molar refractivity (Wildman–Crippen MR) is 120 cm³/mol. The van der Waals surface area contributed by atoms with Crippen LogP contribution in [0.3, 0.4) is 0 Å². The van der Waals surface area contributed by atoms with E-state index in [1.807, 2.05) is 9.80 Å². The monoisotopic (exact) mass is 448 g/mol. The molecule has 0 aliphatic carbocycles. The molecule has 1 aromatic carbocycles. The predicted octanol–water partition coefficient (Wildman–Crippen LogP) is 2.22. The summed E-state index contributed by atoms with van der Waals surface area (Å²) in [5.74, 6) is -0.303. The third-order valence-electron chi connectivity index (χ3n) is 6.53. The first-order valence-electron chi connectivity index (χ1n) is 11.3. The van der Waals surface area contributed by atoms with Crippen LogP contribution in [0.15, 0.2) is 24.3 Å². The van der Waals surface area contributed by atoms with Crippen molar-refractivity contribution in [2.75, 3.05) is 54.9 Å². The zero-order valence-electron chi connectivity index (χ0n) is 19.6. The van der Waals surface area contributed by atoms with Crippen LogP contribution in [0.5, 0.6) is 0 Å². The van der Waals surface area contributed by atoms with Gasteiger partial charge in [0.25, 0.3) is 11.8 Å². The molecule has 0 bridgehead atoms. The second kappa shape index (κ2) is 11.7. The fourth-order valence-electron chi connectivity index (χ4n) is 5.14. The Labute approximate surface area is 190 Å². The number of nitrogens with zero attached hydrogens (tertiary/aromatic N) is 2. The lowest BCUT2D eigenvalue weighted by molar-refractivity contribution is 0.0388. The van der Waals surface area contributed by atoms with Gasteiger partial charge in [0.1, 0.15) is 0 Å². The quantitative estimate of drug-likeness (QED) is 0.546. The van der Waals surface area contributed by atoms with Crippen molar-refractivity contribution < 1.29 is 28.5 Å². The summed E-state index contributed by atoms with van der Waals surface area (Å²) in [5, 5.41) is 0. The normalized spacial score (nSPS) is 25.5. The molecule has 2 aliphatic heterocycles. The fraction of sp³-hybridized carbons (Fsp3) is 0.667. The highest BCUT2D eigenvalue weighted by Crippen LogP contribution is 2.31. The number of hydrogen-bond donors (Lipinski definition) is 0. The SMILES string of the molecule is COC[C@H]1CC[C@H](COC)N1C(=O)c1ccccc1C(=O)N1[C@@H](COC)CC[C@@H]1COC. The smallest absolute Gasteiger partial charge is 0.255 e. The fourth-order valence-corrected chi connectivity index (χ4v) is 5.14. The Morgan fingerprint density at radius 3 is 1.19 bits per heavy atom. The molecule has 0 N–H and O–H groups in total.